The topological polar surface area (TPSA) is 129 Å². The zero-order valence-corrected chi connectivity index (χ0v) is 6.49. The lowest BCUT2D eigenvalue weighted by Gasteiger charge is -2.01. The Bertz CT molecular complexity index is 190. The standard InChI is InChI=1S/C4H7N3O6/c8-5(9)1-4(2-6(10)11)3-7(12)13/h4H,1-3H2. The van der Waals surface area contributed by atoms with Gasteiger partial charge in [-0.3, -0.25) is 30.3 Å². The van der Waals surface area contributed by atoms with Crippen molar-refractivity contribution in [1.82, 2.24) is 0 Å². The maximum absolute atomic E-state index is 9.93. The van der Waals surface area contributed by atoms with Gasteiger partial charge in [-0.1, -0.05) is 0 Å². The van der Waals surface area contributed by atoms with Gasteiger partial charge in [0.25, 0.3) is 0 Å². The molecule has 0 saturated heterocycles. The molecule has 0 aromatic carbocycles. The van der Waals surface area contributed by atoms with Gasteiger partial charge in [-0.2, -0.15) is 0 Å². The molecule has 0 aromatic rings. The molecule has 13 heavy (non-hydrogen) atoms. The van der Waals surface area contributed by atoms with Crippen LogP contribution in [-0.2, 0) is 0 Å². The average molecular weight is 193 g/mol. The van der Waals surface area contributed by atoms with Gasteiger partial charge in [-0.25, -0.2) is 0 Å². The fourth-order valence-corrected chi connectivity index (χ4v) is 0.806. The maximum atomic E-state index is 9.93. The normalized spacial score (nSPS) is 9.92. The summed E-state index contributed by atoms with van der Waals surface area (Å²) in [6.07, 6.45) is 0. The highest BCUT2D eigenvalue weighted by atomic mass is 16.6. The van der Waals surface area contributed by atoms with Crippen molar-refractivity contribution in [3.63, 3.8) is 0 Å². The zero-order valence-electron chi connectivity index (χ0n) is 6.49. The van der Waals surface area contributed by atoms with Crippen molar-refractivity contribution < 1.29 is 14.8 Å². The van der Waals surface area contributed by atoms with Crippen LogP contribution in [-0.4, -0.2) is 34.4 Å². The summed E-state index contributed by atoms with van der Waals surface area (Å²) >= 11 is 0. The summed E-state index contributed by atoms with van der Waals surface area (Å²) in [6.45, 7) is -2.24. The van der Waals surface area contributed by atoms with Crippen LogP contribution < -0.4 is 0 Å². The summed E-state index contributed by atoms with van der Waals surface area (Å²) in [5.74, 6) is -1.14. The van der Waals surface area contributed by atoms with E-state index < -0.39 is 40.3 Å². The molecular weight excluding hydrogens is 186 g/mol. The van der Waals surface area contributed by atoms with Crippen LogP contribution >= 0.6 is 0 Å². The fourth-order valence-electron chi connectivity index (χ4n) is 0.806. The van der Waals surface area contributed by atoms with E-state index >= 15 is 0 Å². The van der Waals surface area contributed by atoms with Gasteiger partial charge in [0, 0.05) is 14.8 Å². The van der Waals surface area contributed by atoms with Crippen LogP contribution in [0.5, 0.6) is 0 Å². The Morgan fingerprint density at radius 1 is 0.769 bits per heavy atom. The Morgan fingerprint density at radius 3 is 1.15 bits per heavy atom. The van der Waals surface area contributed by atoms with Crippen molar-refractivity contribution in [1.29, 1.82) is 0 Å². The van der Waals surface area contributed by atoms with E-state index in [1.165, 1.54) is 0 Å². The van der Waals surface area contributed by atoms with E-state index in [0.29, 0.717) is 0 Å². The second-order valence-electron chi connectivity index (χ2n) is 2.41. The van der Waals surface area contributed by atoms with E-state index in [1.807, 2.05) is 0 Å². The molecule has 0 fully saturated rings. The Labute approximate surface area is 71.8 Å². The van der Waals surface area contributed by atoms with Crippen LogP contribution in [0.1, 0.15) is 0 Å². The Kier molecular flexibility index (Phi) is 4.27. The van der Waals surface area contributed by atoms with Gasteiger partial charge in [0.1, 0.15) is 0 Å². The highest BCUT2D eigenvalue weighted by molar-refractivity contribution is 4.53. The first kappa shape index (κ1) is 11.2. The Balaban J connectivity index is 4.10. The van der Waals surface area contributed by atoms with E-state index in [1.54, 1.807) is 0 Å². The van der Waals surface area contributed by atoms with Crippen LogP contribution in [0.4, 0.5) is 0 Å². The van der Waals surface area contributed by atoms with Gasteiger partial charge >= 0.3 is 0 Å². The van der Waals surface area contributed by atoms with Crippen molar-refractivity contribution >= 4 is 0 Å². The lowest BCUT2D eigenvalue weighted by Crippen LogP contribution is -2.28. The maximum Gasteiger partial charge on any atom is 0.219 e. The summed E-state index contributed by atoms with van der Waals surface area (Å²) in [5, 5.41) is 29.8. The molecule has 74 valence electrons. The van der Waals surface area contributed by atoms with E-state index in [2.05, 4.69) is 0 Å². The molecule has 0 aromatic heterocycles. The first-order valence-corrected chi connectivity index (χ1v) is 3.27. The molecule has 0 atom stereocenters. The molecule has 0 saturated carbocycles. The average Bonchev–Trinajstić information content (AvgIpc) is 1.80. The number of nitro groups is 3. The third-order valence-electron chi connectivity index (χ3n) is 1.22. The molecule has 0 spiro atoms. The van der Waals surface area contributed by atoms with Crippen LogP contribution in [0.25, 0.3) is 0 Å². The minimum atomic E-state index is -1.14. The molecule has 0 radical (unpaired) electrons. The predicted molar refractivity (Wildman–Crippen MR) is 39.1 cm³/mol. The molecule has 0 heterocycles. The minimum Gasteiger partial charge on any atom is -0.265 e. The van der Waals surface area contributed by atoms with Crippen LogP contribution in [0.15, 0.2) is 0 Å². The van der Waals surface area contributed by atoms with Gasteiger partial charge in [0.15, 0.2) is 5.92 Å². The smallest absolute Gasteiger partial charge is 0.219 e. The van der Waals surface area contributed by atoms with Crippen LogP contribution in [0.2, 0.25) is 0 Å². The quantitative estimate of drug-likeness (QED) is 0.410. The fraction of sp³-hybridized carbons (Fsp3) is 1.00. The van der Waals surface area contributed by atoms with Gasteiger partial charge in [0.2, 0.25) is 19.6 Å². The molecule has 0 amide bonds. The van der Waals surface area contributed by atoms with Crippen molar-refractivity contribution in [3.05, 3.63) is 30.3 Å². The third kappa shape index (κ3) is 6.59. The van der Waals surface area contributed by atoms with Gasteiger partial charge in [-0.15, -0.1) is 0 Å². The number of rotatable bonds is 6. The monoisotopic (exact) mass is 193 g/mol. The molecular formula is C4H7N3O6. The predicted octanol–water partition coefficient (Wildman–Crippen LogP) is -0.567. The Hall–Kier alpha value is -1.80. The third-order valence-corrected chi connectivity index (χ3v) is 1.22. The van der Waals surface area contributed by atoms with Crippen LogP contribution in [0, 0.1) is 36.3 Å². The van der Waals surface area contributed by atoms with Gasteiger partial charge < -0.3 is 0 Å². The summed E-state index contributed by atoms with van der Waals surface area (Å²) in [5.41, 5.74) is 0. The number of hydrogen-bond donors (Lipinski definition) is 0. The molecule has 0 aliphatic rings. The SMILES string of the molecule is O=[N+]([O-])CC(C[N+](=O)[O-])C[N+](=O)[O-]. The van der Waals surface area contributed by atoms with Crippen molar-refractivity contribution in [2.45, 2.75) is 0 Å². The summed E-state index contributed by atoms with van der Waals surface area (Å²) in [6, 6.07) is 0. The second-order valence-corrected chi connectivity index (χ2v) is 2.41. The zero-order chi connectivity index (χ0) is 10.4. The van der Waals surface area contributed by atoms with Gasteiger partial charge in [-0.05, 0) is 0 Å². The lowest BCUT2D eigenvalue weighted by molar-refractivity contribution is -0.555. The molecule has 0 N–H and O–H groups in total. The molecule has 0 unspecified atom stereocenters. The van der Waals surface area contributed by atoms with Crippen molar-refractivity contribution in [2.75, 3.05) is 19.6 Å². The molecule has 9 nitrogen and oxygen atoms in total. The van der Waals surface area contributed by atoms with Crippen molar-refractivity contribution in [2.24, 2.45) is 5.92 Å². The second kappa shape index (κ2) is 4.95. The molecule has 0 rings (SSSR count). The van der Waals surface area contributed by atoms with Gasteiger partial charge in [0.05, 0.1) is 0 Å². The highest BCUT2D eigenvalue weighted by Gasteiger charge is 2.26. The first-order chi connectivity index (χ1) is 5.91. The highest BCUT2D eigenvalue weighted by Crippen LogP contribution is 1.98. The first-order valence-electron chi connectivity index (χ1n) is 3.27. The minimum absolute atomic E-state index is 0.748. The largest absolute Gasteiger partial charge is 0.265 e. The summed E-state index contributed by atoms with van der Waals surface area (Å²) in [7, 11) is 0. The van der Waals surface area contributed by atoms with Crippen molar-refractivity contribution in [3.8, 4) is 0 Å². The molecule has 0 aliphatic heterocycles. The number of hydrogen-bond acceptors (Lipinski definition) is 6. The Morgan fingerprint density at radius 2 is 1.00 bits per heavy atom. The van der Waals surface area contributed by atoms with E-state index in [0.717, 1.165) is 0 Å². The molecule has 0 bridgehead atoms. The molecule has 9 heteroatoms. The van der Waals surface area contributed by atoms with Crippen LogP contribution in [0.3, 0.4) is 0 Å². The van der Waals surface area contributed by atoms with E-state index in [-0.39, 0.29) is 0 Å². The summed E-state index contributed by atoms with van der Waals surface area (Å²) in [4.78, 5) is 27.4. The summed E-state index contributed by atoms with van der Waals surface area (Å²) < 4.78 is 0. The number of nitrogens with zero attached hydrogens (tertiary/aromatic N) is 3. The van der Waals surface area contributed by atoms with E-state index in [4.69, 9.17) is 0 Å². The van der Waals surface area contributed by atoms with E-state index in [9.17, 15) is 30.3 Å². The molecule has 0 aliphatic carbocycles. The lowest BCUT2D eigenvalue weighted by atomic mass is 10.1.